The molecular weight excluding hydrogens is 334 g/mol. The first-order chi connectivity index (χ1) is 12.1. The Balaban J connectivity index is 1.83. The minimum Gasteiger partial charge on any atom is -0.494 e. The Morgan fingerprint density at radius 2 is 2.04 bits per heavy atom. The van der Waals surface area contributed by atoms with Gasteiger partial charge in [-0.2, -0.15) is 5.10 Å². The molecule has 2 rings (SSSR count). The number of carbonyl (C=O) groups excluding carboxylic acids is 1. The second-order valence-electron chi connectivity index (χ2n) is 5.87. The van der Waals surface area contributed by atoms with Gasteiger partial charge in [0.25, 0.3) is 0 Å². The highest BCUT2D eigenvalue weighted by atomic mass is 32.1. The SMILES string of the molecule is CCCCCOc1ccc(/C(C)=N\NC(=O)Cc2nc(C)cs2)cc1. The molecule has 0 saturated carbocycles. The van der Waals surface area contributed by atoms with Crippen molar-refractivity contribution in [3.05, 3.63) is 45.9 Å². The molecule has 5 nitrogen and oxygen atoms in total. The molecule has 1 aromatic heterocycles. The summed E-state index contributed by atoms with van der Waals surface area (Å²) in [6.07, 6.45) is 3.69. The number of carbonyl (C=O) groups is 1. The highest BCUT2D eigenvalue weighted by Crippen LogP contribution is 2.14. The number of hydrazone groups is 1. The Bertz CT molecular complexity index is 708. The van der Waals surface area contributed by atoms with Crippen LogP contribution in [0.2, 0.25) is 0 Å². The number of hydrogen-bond acceptors (Lipinski definition) is 5. The maximum Gasteiger partial charge on any atom is 0.246 e. The fourth-order valence-corrected chi connectivity index (χ4v) is 2.98. The molecule has 25 heavy (non-hydrogen) atoms. The lowest BCUT2D eigenvalue weighted by atomic mass is 10.1. The van der Waals surface area contributed by atoms with Crippen LogP contribution in [-0.4, -0.2) is 23.2 Å². The van der Waals surface area contributed by atoms with Crippen molar-refractivity contribution in [2.24, 2.45) is 5.10 Å². The number of aromatic nitrogens is 1. The van der Waals surface area contributed by atoms with Crippen molar-refractivity contribution in [2.45, 2.75) is 46.5 Å². The highest BCUT2D eigenvalue weighted by molar-refractivity contribution is 7.09. The zero-order valence-electron chi connectivity index (χ0n) is 15.0. The van der Waals surface area contributed by atoms with Crippen LogP contribution in [0.15, 0.2) is 34.7 Å². The molecule has 0 spiro atoms. The lowest BCUT2D eigenvalue weighted by Crippen LogP contribution is -2.21. The number of nitrogens with zero attached hydrogens (tertiary/aromatic N) is 2. The van der Waals surface area contributed by atoms with Gasteiger partial charge in [0, 0.05) is 11.1 Å². The second-order valence-corrected chi connectivity index (χ2v) is 6.81. The number of benzene rings is 1. The van der Waals surface area contributed by atoms with Crippen LogP contribution in [0.1, 0.15) is 49.4 Å². The first-order valence-electron chi connectivity index (χ1n) is 8.56. The summed E-state index contributed by atoms with van der Waals surface area (Å²) in [7, 11) is 0. The van der Waals surface area contributed by atoms with E-state index < -0.39 is 0 Å². The molecule has 0 aliphatic heterocycles. The number of aryl methyl sites for hydroxylation is 1. The quantitative estimate of drug-likeness (QED) is 0.416. The maximum absolute atomic E-state index is 11.9. The number of hydrogen-bond donors (Lipinski definition) is 1. The van der Waals surface area contributed by atoms with Gasteiger partial charge < -0.3 is 4.74 Å². The molecule has 1 N–H and O–H groups in total. The predicted molar refractivity (Wildman–Crippen MR) is 102 cm³/mol. The van der Waals surface area contributed by atoms with E-state index in [0.717, 1.165) is 40.8 Å². The Morgan fingerprint density at radius 3 is 2.68 bits per heavy atom. The van der Waals surface area contributed by atoms with Crippen LogP contribution in [0, 0.1) is 6.92 Å². The molecule has 1 aromatic carbocycles. The fourth-order valence-electron chi connectivity index (χ4n) is 2.21. The van der Waals surface area contributed by atoms with Crippen LogP contribution in [0.4, 0.5) is 0 Å². The smallest absolute Gasteiger partial charge is 0.246 e. The largest absolute Gasteiger partial charge is 0.494 e. The van der Waals surface area contributed by atoms with Crippen molar-refractivity contribution in [1.29, 1.82) is 0 Å². The third-order valence-corrected chi connectivity index (χ3v) is 4.58. The van der Waals surface area contributed by atoms with Crippen LogP contribution in [0.3, 0.4) is 0 Å². The zero-order chi connectivity index (χ0) is 18.1. The molecule has 0 radical (unpaired) electrons. The Labute approximate surface area is 153 Å². The number of ether oxygens (including phenoxy) is 1. The maximum atomic E-state index is 11.9. The molecule has 0 atom stereocenters. The van der Waals surface area contributed by atoms with Crippen LogP contribution < -0.4 is 10.2 Å². The summed E-state index contributed by atoms with van der Waals surface area (Å²) in [5.41, 5.74) is 5.22. The van der Waals surface area contributed by atoms with E-state index in [2.05, 4.69) is 22.4 Å². The van der Waals surface area contributed by atoms with E-state index >= 15 is 0 Å². The molecule has 1 amide bonds. The van der Waals surface area contributed by atoms with Gasteiger partial charge in [-0.3, -0.25) is 4.79 Å². The van der Waals surface area contributed by atoms with E-state index in [1.54, 1.807) is 0 Å². The third kappa shape index (κ3) is 6.66. The molecule has 0 unspecified atom stereocenters. The van der Waals surface area contributed by atoms with E-state index in [4.69, 9.17) is 4.74 Å². The molecule has 0 fully saturated rings. The van der Waals surface area contributed by atoms with Crippen molar-refractivity contribution >= 4 is 23.0 Å². The van der Waals surface area contributed by atoms with E-state index in [9.17, 15) is 4.79 Å². The molecule has 6 heteroatoms. The van der Waals surface area contributed by atoms with Crippen LogP contribution in [0.25, 0.3) is 0 Å². The van der Waals surface area contributed by atoms with Crippen molar-refractivity contribution in [3.63, 3.8) is 0 Å². The van der Waals surface area contributed by atoms with Crippen molar-refractivity contribution in [1.82, 2.24) is 10.4 Å². The molecular formula is C19H25N3O2S. The summed E-state index contributed by atoms with van der Waals surface area (Å²) >= 11 is 1.49. The van der Waals surface area contributed by atoms with Crippen LogP contribution >= 0.6 is 11.3 Å². The summed E-state index contributed by atoms with van der Waals surface area (Å²) in [5.74, 6) is 0.695. The first-order valence-corrected chi connectivity index (χ1v) is 9.44. The van der Waals surface area contributed by atoms with Gasteiger partial charge >= 0.3 is 0 Å². The zero-order valence-corrected chi connectivity index (χ0v) is 15.9. The normalized spacial score (nSPS) is 11.4. The van der Waals surface area contributed by atoms with Crippen LogP contribution in [-0.2, 0) is 11.2 Å². The predicted octanol–water partition coefficient (Wildman–Crippen LogP) is 4.10. The number of thiazole rings is 1. The summed E-state index contributed by atoms with van der Waals surface area (Å²) in [6, 6.07) is 7.76. The number of rotatable bonds is 9. The van der Waals surface area contributed by atoms with E-state index in [0.29, 0.717) is 0 Å². The summed E-state index contributed by atoms with van der Waals surface area (Å²) in [6.45, 7) is 6.70. The monoisotopic (exact) mass is 359 g/mol. The van der Waals surface area contributed by atoms with Crippen molar-refractivity contribution < 1.29 is 9.53 Å². The standard InChI is InChI=1S/C19H25N3O2S/c1-4-5-6-11-24-17-9-7-16(8-10-17)15(3)21-22-18(23)12-19-20-14(2)13-25-19/h7-10,13H,4-6,11-12H2,1-3H3,(H,22,23)/b21-15-. The molecule has 0 aliphatic carbocycles. The van der Waals surface area contributed by atoms with Crippen molar-refractivity contribution in [2.75, 3.05) is 6.61 Å². The number of unbranched alkanes of at least 4 members (excludes halogenated alkanes) is 2. The van der Waals surface area contributed by atoms with Gasteiger partial charge in [-0.25, -0.2) is 10.4 Å². The molecule has 0 saturated heterocycles. The van der Waals surface area contributed by atoms with Gasteiger partial charge in [0.1, 0.15) is 10.8 Å². The number of amides is 1. The summed E-state index contributed by atoms with van der Waals surface area (Å²) in [5, 5.41) is 6.90. The topological polar surface area (TPSA) is 63.6 Å². The van der Waals surface area contributed by atoms with Gasteiger partial charge in [0.2, 0.25) is 5.91 Å². The van der Waals surface area contributed by atoms with E-state index in [-0.39, 0.29) is 12.3 Å². The Hall–Kier alpha value is -2.21. The fraction of sp³-hybridized carbons (Fsp3) is 0.421. The molecule has 2 aromatic rings. The van der Waals surface area contributed by atoms with Gasteiger partial charge in [0.15, 0.2) is 0 Å². The van der Waals surface area contributed by atoms with Gasteiger partial charge in [-0.1, -0.05) is 19.8 Å². The Morgan fingerprint density at radius 1 is 1.28 bits per heavy atom. The minimum atomic E-state index is -0.162. The third-order valence-electron chi connectivity index (χ3n) is 3.62. The second kappa shape index (κ2) is 9.93. The van der Waals surface area contributed by atoms with Gasteiger partial charge in [-0.15, -0.1) is 11.3 Å². The lowest BCUT2D eigenvalue weighted by molar-refractivity contribution is -0.120. The van der Waals surface area contributed by atoms with Crippen molar-refractivity contribution in [3.8, 4) is 5.75 Å². The average molecular weight is 359 g/mol. The molecule has 1 heterocycles. The molecule has 0 aliphatic rings. The minimum absolute atomic E-state index is 0.162. The highest BCUT2D eigenvalue weighted by Gasteiger charge is 2.06. The average Bonchev–Trinajstić information content (AvgIpc) is 3.02. The molecule has 134 valence electrons. The summed E-state index contributed by atoms with van der Waals surface area (Å²) in [4.78, 5) is 16.2. The summed E-state index contributed by atoms with van der Waals surface area (Å²) < 4.78 is 5.69. The van der Waals surface area contributed by atoms with Gasteiger partial charge in [0.05, 0.1) is 18.7 Å². The Kier molecular flexibility index (Phi) is 7.60. The number of nitrogens with one attached hydrogen (secondary N) is 1. The van der Waals surface area contributed by atoms with Crippen LogP contribution in [0.5, 0.6) is 5.75 Å². The van der Waals surface area contributed by atoms with Gasteiger partial charge in [-0.05, 0) is 50.1 Å². The molecule has 0 bridgehead atoms. The lowest BCUT2D eigenvalue weighted by Gasteiger charge is -2.07. The van der Waals surface area contributed by atoms with E-state index in [1.807, 2.05) is 43.5 Å². The first kappa shape index (κ1) is 19.1. The van der Waals surface area contributed by atoms with E-state index in [1.165, 1.54) is 24.2 Å².